The highest BCUT2D eigenvalue weighted by Crippen LogP contribution is 2.26. The summed E-state index contributed by atoms with van der Waals surface area (Å²) in [5.74, 6) is 0.430. The van der Waals surface area contributed by atoms with Gasteiger partial charge >= 0.3 is 0 Å². The van der Waals surface area contributed by atoms with Crippen molar-refractivity contribution in [2.45, 2.75) is 19.9 Å². The van der Waals surface area contributed by atoms with Gasteiger partial charge in [0.2, 0.25) is 0 Å². The van der Waals surface area contributed by atoms with E-state index in [1.807, 2.05) is 19.1 Å². The predicted molar refractivity (Wildman–Crippen MR) is 85.6 cm³/mol. The zero-order valence-corrected chi connectivity index (χ0v) is 14.0. The van der Waals surface area contributed by atoms with Crippen LogP contribution < -0.4 is 10.1 Å². The second-order valence-corrected chi connectivity index (χ2v) is 6.72. The Morgan fingerprint density at radius 1 is 1.35 bits per heavy atom. The van der Waals surface area contributed by atoms with Gasteiger partial charge in [-0.3, -0.25) is 4.79 Å². The summed E-state index contributed by atoms with van der Waals surface area (Å²) in [6, 6.07) is 9.46. The van der Waals surface area contributed by atoms with E-state index >= 15 is 0 Å². The van der Waals surface area contributed by atoms with Gasteiger partial charge in [0.1, 0.15) is 5.75 Å². The molecule has 106 valence electrons. The molecule has 1 aromatic heterocycles. The lowest BCUT2D eigenvalue weighted by Crippen LogP contribution is -2.26. The molecule has 0 aliphatic rings. The summed E-state index contributed by atoms with van der Waals surface area (Å²) >= 11 is 5.06. The molecule has 1 heterocycles. The molecule has 1 unspecified atom stereocenters. The van der Waals surface area contributed by atoms with Crippen LogP contribution in [0.4, 0.5) is 0 Å². The molecule has 0 fully saturated rings. The molecular formula is C15H16BrNO2S. The van der Waals surface area contributed by atoms with Crippen LogP contribution in [-0.2, 0) is 0 Å². The Morgan fingerprint density at radius 2 is 2.10 bits per heavy atom. The highest BCUT2D eigenvalue weighted by atomic mass is 79.9. The molecule has 20 heavy (non-hydrogen) atoms. The van der Waals surface area contributed by atoms with E-state index < -0.39 is 0 Å². The molecule has 0 saturated heterocycles. The van der Waals surface area contributed by atoms with Crippen molar-refractivity contribution in [1.82, 2.24) is 5.32 Å². The molecule has 0 spiro atoms. The number of nitrogens with one attached hydrogen (secondary N) is 1. The maximum Gasteiger partial charge on any atom is 0.255 e. The van der Waals surface area contributed by atoms with Crippen LogP contribution in [0, 0.1) is 6.92 Å². The first-order valence-corrected chi connectivity index (χ1v) is 7.83. The van der Waals surface area contributed by atoms with Crippen LogP contribution in [0.25, 0.3) is 0 Å². The lowest BCUT2D eigenvalue weighted by atomic mass is 10.1. The highest BCUT2D eigenvalue weighted by molar-refractivity contribution is 9.10. The van der Waals surface area contributed by atoms with Crippen molar-refractivity contribution in [2.24, 2.45) is 0 Å². The Bertz CT molecular complexity index is 624. The van der Waals surface area contributed by atoms with Crippen LogP contribution >= 0.6 is 27.3 Å². The van der Waals surface area contributed by atoms with E-state index in [0.29, 0.717) is 11.3 Å². The average molecular weight is 354 g/mol. The lowest BCUT2D eigenvalue weighted by molar-refractivity contribution is 0.0937. The zero-order chi connectivity index (χ0) is 14.7. The number of carbonyl (C=O) groups is 1. The molecule has 2 rings (SSSR count). The third kappa shape index (κ3) is 3.41. The van der Waals surface area contributed by atoms with Gasteiger partial charge in [-0.15, -0.1) is 11.3 Å². The van der Waals surface area contributed by atoms with Gasteiger partial charge in [-0.1, -0.05) is 15.9 Å². The second-order valence-electron chi connectivity index (χ2n) is 4.49. The number of carbonyl (C=O) groups excluding carboxylic acids is 1. The van der Waals surface area contributed by atoms with Gasteiger partial charge in [0.25, 0.3) is 5.91 Å². The number of aryl methyl sites for hydroxylation is 1. The first-order chi connectivity index (χ1) is 9.51. The molecule has 1 aromatic carbocycles. The van der Waals surface area contributed by atoms with E-state index in [2.05, 4.69) is 34.2 Å². The highest BCUT2D eigenvalue weighted by Gasteiger charge is 2.16. The van der Waals surface area contributed by atoms with Crippen molar-refractivity contribution in [3.05, 3.63) is 50.1 Å². The standard InChI is InChI=1S/C15H16BrNO2S/c1-9-4-7-14(20-9)10(2)17-15(18)12-6-5-11(16)8-13(12)19-3/h4-8,10H,1-3H3,(H,17,18). The quantitative estimate of drug-likeness (QED) is 0.888. The van der Waals surface area contributed by atoms with Crippen molar-refractivity contribution in [2.75, 3.05) is 7.11 Å². The minimum Gasteiger partial charge on any atom is -0.496 e. The molecular weight excluding hydrogens is 338 g/mol. The largest absolute Gasteiger partial charge is 0.496 e. The third-order valence-corrected chi connectivity index (χ3v) is 4.62. The van der Waals surface area contributed by atoms with E-state index in [4.69, 9.17) is 4.74 Å². The molecule has 0 radical (unpaired) electrons. The summed E-state index contributed by atoms with van der Waals surface area (Å²) in [5, 5.41) is 3.00. The second kappa shape index (κ2) is 6.41. The van der Waals surface area contributed by atoms with Crippen molar-refractivity contribution < 1.29 is 9.53 Å². The molecule has 0 aliphatic heterocycles. The van der Waals surface area contributed by atoms with Crippen LogP contribution in [0.2, 0.25) is 0 Å². The minimum absolute atomic E-state index is 0.0189. The van der Waals surface area contributed by atoms with Gasteiger partial charge in [0, 0.05) is 14.2 Å². The monoisotopic (exact) mass is 353 g/mol. The molecule has 1 N–H and O–H groups in total. The maximum absolute atomic E-state index is 12.3. The summed E-state index contributed by atoms with van der Waals surface area (Å²) in [5.41, 5.74) is 0.538. The molecule has 5 heteroatoms. The van der Waals surface area contributed by atoms with Crippen molar-refractivity contribution >= 4 is 33.2 Å². The number of hydrogen-bond acceptors (Lipinski definition) is 3. The fraction of sp³-hybridized carbons (Fsp3) is 0.267. The summed E-state index contributed by atoms with van der Waals surface area (Å²) < 4.78 is 6.13. The van der Waals surface area contributed by atoms with E-state index in [-0.39, 0.29) is 11.9 Å². The van der Waals surface area contributed by atoms with E-state index in [1.54, 1.807) is 30.6 Å². The number of hydrogen-bond donors (Lipinski definition) is 1. The van der Waals surface area contributed by atoms with Gasteiger partial charge in [-0.25, -0.2) is 0 Å². The SMILES string of the molecule is COc1cc(Br)ccc1C(=O)NC(C)c1ccc(C)s1. The van der Waals surface area contributed by atoms with Gasteiger partial charge in [-0.05, 0) is 44.2 Å². The average Bonchev–Trinajstić information content (AvgIpc) is 2.85. The number of methoxy groups -OCH3 is 1. The molecule has 0 aliphatic carbocycles. The van der Waals surface area contributed by atoms with Crippen LogP contribution in [-0.4, -0.2) is 13.0 Å². The van der Waals surface area contributed by atoms with Crippen molar-refractivity contribution in [3.8, 4) is 5.75 Å². The van der Waals surface area contributed by atoms with Crippen molar-refractivity contribution in [3.63, 3.8) is 0 Å². The molecule has 3 nitrogen and oxygen atoms in total. The van der Waals surface area contributed by atoms with Gasteiger partial charge < -0.3 is 10.1 Å². The van der Waals surface area contributed by atoms with Crippen molar-refractivity contribution in [1.29, 1.82) is 0 Å². The van der Waals surface area contributed by atoms with E-state index in [1.165, 1.54) is 4.88 Å². The van der Waals surface area contributed by atoms with E-state index in [9.17, 15) is 4.79 Å². The Hall–Kier alpha value is -1.33. The Labute approximate surface area is 131 Å². The normalized spacial score (nSPS) is 12.0. The Balaban J connectivity index is 2.16. The Kier molecular flexibility index (Phi) is 4.83. The van der Waals surface area contributed by atoms with Crippen LogP contribution in [0.5, 0.6) is 5.75 Å². The van der Waals surface area contributed by atoms with Gasteiger partial charge in [0.05, 0.1) is 18.7 Å². The Morgan fingerprint density at radius 3 is 2.70 bits per heavy atom. The molecule has 1 atom stereocenters. The number of benzene rings is 1. The fourth-order valence-electron chi connectivity index (χ4n) is 1.88. The van der Waals surface area contributed by atoms with Crippen LogP contribution in [0.15, 0.2) is 34.8 Å². The number of amides is 1. The van der Waals surface area contributed by atoms with Gasteiger partial charge in [-0.2, -0.15) is 0 Å². The number of ether oxygens (including phenoxy) is 1. The van der Waals surface area contributed by atoms with Crippen LogP contribution in [0.3, 0.4) is 0 Å². The molecule has 0 bridgehead atoms. The smallest absolute Gasteiger partial charge is 0.255 e. The number of rotatable bonds is 4. The molecule has 2 aromatic rings. The van der Waals surface area contributed by atoms with Crippen LogP contribution in [0.1, 0.15) is 33.1 Å². The predicted octanol–water partition coefficient (Wildman–Crippen LogP) is 4.32. The molecule has 1 amide bonds. The topological polar surface area (TPSA) is 38.3 Å². The summed E-state index contributed by atoms with van der Waals surface area (Å²) in [4.78, 5) is 14.7. The molecule has 0 saturated carbocycles. The fourth-order valence-corrected chi connectivity index (χ4v) is 3.10. The van der Waals surface area contributed by atoms with E-state index in [0.717, 1.165) is 9.35 Å². The lowest BCUT2D eigenvalue weighted by Gasteiger charge is -2.14. The first-order valence-electron chi connectivity index (χ1n) is 6.22. The minimum atomic E-state index is -0.132. The first kappa shape index (κ1) is 15.1. The zero-order valence-electron chi connectivity index (χ0n) is 11.6. The number of thiophene rings is 1. The summed E-state index contributed by atoms with van der Waals surface area (Å²) in [7, 11) is 1.56. The third-order valence-electron chi connectivity index (χ3n) is 2.94. The summed E-state index contributed by atoms with van der Waals surface area (Å²) in [6.07, 6.45) is 0. The van der Waals surface area contributed by atoms with Gasteiger partial charge in [0.15, 0.2) is 0 Å². The summed E-state index contributed by atoms with van der Waals surface area (Å²) in [6.45, 7) is 4.04. The maximum atomic E-state index is 12.3. The number of halogens is 1.